The molecule has 0 amide bonds. The maximum atomic E-state index is 11.1. The van der Waals surface area contributed by atoms with Crippen LogP contribution < -0.4 is 0 Å². The van der Waals surface area contributed by atoms with Crippen LogP contribution >= 0.6 is 0 Å². The van der Waals surface area contributed by atoms with E-state index in [0.29, 0.717) is 5.56 Å². The molecule has 1 aromatic carbocycles. The fourth-order valence-electron chi connectivity index (χ4n) is 1.51. The van der Waals surface area contributed by atoms with Crippen LogP contribution in [0.5, 0.6) is 0 Å². The van der Waals surface area contributed by atoms with E-state index in [4.69, 9.17) is 0 Å². The molecule has 0 aliphatic carbocycles. The van der Waals surface area contributed by atoms with Gasteiger partial charge in [-0.25, -0.2) is 8.42 Å². The van der Waals surface area contributed by atoms with Gasteiger partial charge in [0.15, 0.2) is 0 Å². The molecule has 1 aromatic rings. The fourth-order valence-corrected chi connectivity index (χ4v) is 2.26. The Morgan fingerprint density at radius 1 is 1.33 bits per heavy atom. The van der Waals surface area contributed by atoms with Crippen molar-refractivity contribution in [3.8, 4) is 0 Å². The zero-order valence-corrected chi connectivity index (χ0v) is 10.0. The monoisotopic (exact) mass is 228 g/mol. The first-order valence-electron chi connectivity index (χ1n) is 4.73. The highest BCUT2D eigenvalue weighted by molar-refractivity contribution is 7.90. The summed E-state index contributed by atoms with van der Waals surface area (Å²) in [7, 11) is -3.15. The molecule has 0 spiro atoms. The number of benzene rings is 1. The minimum Gasteiger partial charge on any atom is -0.387 e. The lowest BCUT2D eigenvalue weighted by molar-refractivity contribution is 0.201. The average molecular weight is 228 g/mol. The molecule has 1 atom stereocenters. The predicted octanol–water partition coefficient (Wildman–Crippen LogP) is 1.38. The summed E-state index contributed by atoms with van der Waals surface area (Å²) in [6.45, 7) is 3.82. The maximum absolute atomic E-state index is 11.1. The molecule has 4 heteroatoms. The van der Waals surface area contributed by atoms with Gasteiger partial charge in [-0.3, -0.25) is 0 Å². The summed E-state index contributed by atoms with van der Waals surface area (Å²) in [5, 5.41) is 9.78. The first kappa shape index (κ1) is 12.2. The molecule has 0 saturated heterocycles. The Labute approximate surface area is 90.7 Å². The third-order valence-corrected chi connectivity index (χ3v) is 3.39. The molecule has 3 nitrogen and oxygen atoms in total. The van der Waals surface area contributed by atoms with Gasteiger partial charge in [-0.15, -0.1) is 0 Å². The highest BCUT2D eigenvalue weighted by Crippen LogP contribution is 2.21. The van der Waals surface area contributed by atoms with Crippen LogP contribution in [0.25, 0.3) is 0 Å². The van der Waals surface area contributed by atoms with Gasteiger partial charge in [-0.05, 0) is 30.5 Å². The maximum Gasteiger partial charge on any atom is 0.150 e. The van der Waals surface area contributed by atoms with Crippen molar-refractivity contribution in [2.75, 3.05) is 12.0 Å². The summed E-state index contributed by atoms with van der Waals surface area (Å²) in [5.41, 5.74) is 2.70. The minimum atomic E-state index is -3.15. The molecule has 1 unspecified atom stereocenters. The zero-order valence-electron chi connectivity index (χ0n) is 9.19. The van der Waals surface area contributed by atoms with Crippen molar-refractivity contribution in [3.63, 3.8) is 0 Å². The molecule has 0 saturated carbocycles. The van der Waals surface area contributed by atoms with E-state index in [1.807, 2.05) is 26.0 Å². The normalized spacial score (nSPS) is 13.9. The van der Waals surface area contributed by atoms with Crippen LogP contribution in [0.3, 0.4) is 0 Å². The summed E-state index contributed by atoms with van der Waals surface area (Å²) in [6.07, 6.45) is 0.196. The van der Waals surface area contributed by atoms with Gasteiger partial charge in [0.25, 0.3) is 0 Å². The Morgan fingerprint density at radius 3 is 2.47 bits per heavy atom. The Kier molecular flexibility index (Phi) is 3.52. The van der Waals surface area contributed by atoms with Crippen molar-refractivity contribution in [1.29, 1.82) is 0 Å². The lowest BCUT2D eigenvalue weighted by atomic mass is 10.0. The standard InChI is InChI=1S/C11H16O3S/c1-8-5-4-6-10(9(8)2)11(12)7-15(3,13)14/h4-6,11-12H,7H2,1-3H3. The molecule has 0 radical (unpaired) electrons. The fraction of sp³-hybridized carbons (Fsp3) is 0.455. The first-order valence-corrected chi connectivity index (χ1v) is 6.79. The highest BCUT2D eigenvalue weighted by Gasteiger charge is 2.16. The van der Waals surface area contributed by atoms with E-state index >= 15 is 0 Å². The second kappa shape index (κ2) is 4.33. The van der Waals surface area contributed by atoms with Crippen molar-refractivity contribution in [3.05, 3.63) is 34.9 Å². The van der Waals surface area contributed by atoms with Gasteiger partial charge < -0.3 is 5.11 Å². The molecule has 0 bridgehead atoms. The second-order valence-electron chi connectivity index (χ2n) is 3.90. The summed E-state index contributed by atoms with van der Waals surface area (Å²) < 4.78 is 22.1. The van der Waals surface area contributed by atoms with Crippen molar-refractivity contribution >= 4 is 9.84 Å². The number of hydrogen-bond acceptors (Lipinski definition) is 3. The minimum absolute atomic E-state index is 0.225. The van der Waals surface area contributed by atoms with Crippen LogP contribution in [-0.2, 0) is 9.84 Å². The Balaban J connectivity index is 3.02. The molecule has 1 N–H and O–H groups in total. The number of aliphatic hydroxyl groups excluding tert-OH is 1. The summed E-state index contributed by atoms with van der Waals surface area (Å²) >= 11 is 0. The van der Waals surface area contributed by atoms with Crippen molar-refractivity contribution in [2.24, 2.45) is 0 Å². The quantitative estimate of drug-likeness (QED) is 0.850. The molecule has 84 valence electrons. The number of hydrogen-bond donors (Lipinski definition) is 1. The lowest BCUT2D eigenvalue weighted by Gasteiger charge is -2.14. The largest absolute Gasteiger partial charge is 0.387 e. The van der Waals surface area contributed by atoms with E-state index < -0.39 is 15.9 Å². The van der Waals surface area contributed by atoms with E-state index in [9.17, 15) is 13.5 Å². The summed E-state index contributed by atoms with van der Waals surface area (Å²) in [5.74, 6) is -0.225. The average Bonchev–Trinajstić information content (AvgIpc) is 2.06. The second-order valence-corrected chi connectivity index (χ2v) is 6.08. The smallest absolute Gasteiger partial charge is 0.150 e. The van der Waals surface area contributed by atoms with E-state index in [2.05, 4.69) is 0 Å². The molecular weight excluding hydrogens is 212 g/mol. The number of sulfone groups is 1. The number of aliphatic hydroxyl groups is 1. The molecule has 0 aromatic heterocycles. The molecule has 0 fully saturated rings. The van der Waals surface area contributed by atoms with Gasteiger partial charge >= 0.3 is 0 Å². The van der Waals surface area contributed by atoms with E-state index in [1.54, 1.807) is 6.07 Å². The van der Waals surface area contributed by atoms with Crippen LogP contribution in [0.2, 0.25) is 0 Å². The lowest BCUT2D eigenvalue weighted by Crippen LogP contribution is -2.14. The molecule has 0 aliphatic heterocycles. The third kappa shape index (κ3) is 3.32. The number of rotatable bonds is 3. The van der Waals surface area contributed by atoms with Gasteiger partial charge in [0.2, 0.25) is 0 Å². The SMILES string of the molecule is Cc1cccc(C(O)CS(C)(=O)=O)c1C. The van der Waals surface area contributed by atoms with E-state index in [0.717, 1.165) is 17.4 Å². The van der Waals surface area contributed by atoms with Crippen LogP contribution in [-0.4, -0.2) is 25.5 Å². The van der Waals surface area contributed by atoms with E-state index in [1.165, 1.54) is 0 Å². The number of aryl methyl sites for hydroxylation is 1. The van der Waals surface area contributed by atoms with Crippen LogP contribution in [0.4, 0.5) is 0 Å². The molecule has 1 rings (SSSR count). The van der Waals surface area contributed by atoms with Crippen LogP contribution in [0.1, 0.15) is 22.8 Å². The van der Waals surface area contributed by atoms with Crippen molar-refractivity contribution < 1.29 is 13.5 Å². The zero-order chi connectivity index (χ0) is 11.6. The first-order chi connectivity index (χ1) is 6.81. The topological polar surface area (TPSA) is 54.4 Å². The van der Waals surface area contributed by atoms with Crippen molar-refractivity contribution in [1.82, 2.24) is 0 Å². The predicted molar refractivity (Wildman–Crippen MR) is 60.6 cm³/mol. The summed E-state index contributed by atoms with van der Waals surface area (Å²) in [4.78, 5) is 0. The van der Waals surface area contributed by atoms with Crippen molar-refractivity contribution in [2.45, 2.75) is 20.0 Å². The van der Waals surface area contributed by atoms with Gasteiger partial charge in [0, 0.05) is 6.26 Å². The molecule has 0 aliphatic rings. The van der Waals surface area contributed by atoms with Gasteiger partial charge in [0.1, 0.15) is 9.84 Å². The Morgan fingerprint density at radius 2 is 1.93 bits per heavy atom. The summed E-state index contributed by atoms with van der Waals surface area (Å²) in [6, 6.07) is 5.52. The molecule has 0 heterocycles. The van der Waals surface area contributed by atoms with Crippen LogP contribution in [0.15, 0.2) is 18.2 Å². The van der Waals surface area contributed by atoms with E-state index in [-0.39, 0.29) is 5.75 Å². The van der Waals surface area contributed by atoms with Gasteiger partial charge in [-0.1, -0.05) is 18.2 Å². The molecule has 15 heavy (non-hydrogen) atoms. The third-order valence-electron chi connectivity index (χ3n) is 2.47. The van der Waals surface area contributed by atoms with Crippen LogP contribution in [0, 0.1) is 13.8 Å². The Bertz CT molecular complexity index is 449. The van der Waals surface area contributed by atoms with Gasteiger partial charge in [0.05, 0.1) is 11.9 Å². The molecular formula is C11H16O3S. The Hall–Kier alpha value is -0.870. The highest BCUT2D eigenvalue weighted by atomic mass is 32.2. The van der Waals surface area contributed by atoms with Gasteiger partial charge in [-0.2, -0.15) is 0 Å².